The maximum Gasteiger partial charge on any atom is 0.274 e. The molecule has 2 aromatic rings. The number of aromatic nitrogens is 3. The van der Waals surface area contributed by atoms with Crippen molar-refractivity contribution in [1.29, 1.82) is 0 Å². The number of pyridine rings is 1. The molecule has 3 rings (SSSR count). The maximum atomic E-state index is 12.2. The lowest BCUT2D eigenvalue weighted by Crippen LogP contribution is -2.47. The minimum atomic E-state index is -0.310. The SMILES string of the molecule is CN1CCC[C@H](NC(=O)Cn2cc(NC(=O)c3ccccn3)cn2)C1. The number of anilines is 1. The van der Waals surface area contributed by atoms with E-state index in [9.17, 15) is 9.59 Å². The minimum Gasteiger partial charge on any atom is -0.350 e. The molecule has 132 valence electrons. The minimum absolute atomic E-state index is 0.0778. The van der Waals surface area contributed by atoms with E-state index < -0.39 is 0 Å². The van der Waals surface area contributed by atoms with E-state index in [1.807, 2.05) is 0 Å². The summed E-state index contributed by atoms with van der Waals surface area (Å²) >= 11 is 0. The van der Waals surface area contributed by atoms with Crippen molar-refractivity contribution in [3.63, 3.8) is 0 Å². The van der Waals surface area contributed by atoms with Crippen LogP contribution in [-0.2, 0) is 11.3 Å². The van der Waals surface area contributed by atoms with Gasteiger partial charge in [0.1, 0.15) is 12.2 Å². The third kappa shape index (κ3) is 4.87. The summed E-state index contributed by atoms with van der Waals surface area (Å²) in [6.45, 7) is 2.07. The van der Waals surface area contributed by atoms with E-state index in [-0.39, 0.29) is 24.4 Å². The van der Waals surface area contributed by atoms with E-state index in [4.69, 9.17) is 0 Å². The van der Waals surface area contributed by atoms with E-state index in [0.29, 0.717) is 11.4 Å². The summed E-state index contributed by atoms with van der Waals surface area (Å²) in [5.41, 5.74) is 0.857. The van der Waals surface area contributed by atoms with Crippen LogP contribution in [0.5, 0.6) is 0 Å². The van der Waals surface area contributed by atoms with Gasteiger partial charge in [-0.25, -0.2) is 0 Å². The summed E-state index contributed by atoms with van der Waals surface area (Å²) < 4.78 is 1.51. The zero-order valence-corrected chi connectivity index (χ0v) is 14.2. The summed E-state index contributed by atoms with van der Waals surface area (Å²) in [7, 11) is 2.06. The molecule has 1 fully saturated rings. The molecule has 3 heterocycles. The Kier molecular flexibility index (Phi) is 5.39. The molecule has 2 N–H and O–H groups in total. The van der Waals surface area contributed by atoms with Crippen molar-refractivity contribution in [1.82, 2.24) is 25.0 Å². The van der Waals surface area contributed by atoms with Gasteiger partial charge in [-0.2, -0.15) is 5.10 Å². The van der Waals surface area contributed by atoms with Gasteiger partial charge in [0.05, 0.1) is 11.9 Å². The molecule has 25 heavy (non-hydrogen) atoms. The number of carbonyl (C=O) groups excluding carboxylic acids is 2. The molecular weight excluding hydrogens is 320 g/mol. The summed E-state index contributed by atoms with van der Waals surface area (Å²) in [4.78, 5) is 30.4. The normalized spacial score (nSPS) is 17.9. The van der Waals surface area contributed by atoms with Crippen LogP contribution in [0, 0.1) is 0 Å². The van der Waals surface area contributed by atoms with Crippen molar-refractivity contribution in [3.05, 3.63) is 42.5 Å². The fourth-order valence-electron chi connectivity index (χ4n) is 2.91. The number of likely N-dealkylation sites (tertiary alicyclic amines) is 1. The Bertz CT molecular complexity index is 730. The Morgan fingerprint density at radius 1 is 1.36 bits per heavy atom. The highest BCUT2D eigenvalue weighted by Gasteiger charge is 2.19. The Morgan fingerprint density at radius 2 is 2.24 bits per heavy atom. The van der Waals surface area contributed by atoms with E-state index in [0.717, 1.165) is 25.9 Å². The van der Waals surface area contributed by atoms with Gasteiger partial charge in [-0.15, -0.1) is 0 Å². The standard InChI is InChI=1S/C17H22N6O2/c1-22-8-4-5-13(10-22)20-16(24)12-23-11-14(9-19-23)21-17(25)15-6-2-3-7-18-15/h2-3,6-7,9,11,13H,4-5,8,10,12H2,1H3,(H,20,24)(H,21,25)/t13-/m0/s1. The highest BCUT2D eigenvalue weighted by molar-refractivity contribution is 6.02. The zero-order chi connectivity index (χ0) is 17.6. The van der Waals surface area contributed by atoms with E-state index in [1.54, 1.807) is 30.6 Å². The van der Waals surface area contributed by atoms with Crippen LogP contribution in [0.1, 0.15) is 23.3 Å². The molecule has 1 aliphatic rings. The molecule has 2 aromatic heterocycles. The van der Waals surface area contributed by atoms with Gasteiger partial charge in [-0.1, -0.05) is 6.07 Å². The Labute approximate surface area is 146 Å². The van der Waals surface area contributed by atoms with Gasteiger partial charge in [0.25, 0.3) is 5.91 Å². The number of carbonyl (C=O) groups is 2. The molecule has 0 bridgehead atoms. The van der Waals surface area contributed by atoms with Crippen LogP contribution in [0.15, 0.2) is 36.8 Å². The Hall–Kier alpha value is -2.74. The topological polar surface area (TPSA) is 92.2 Å². The van der Waals surface area contributed by atoms with Gasteiger partial charge < -0.3 is 15.5 Å². The monoisotopic (exact) mass is 342 g/mol. The predicted octanol–water partition coefficient (Wildman–Crippen LogP) is 0.741. The Balaban J connectivity index is 1.51. The molecule has 0 saturated carbocycles. The quantitative estimate of drug-likeness (QED) is 0.836. The van der Waals surface area contributed by atoms with E-state index in [2.05, 4.69) is 32.7 Å². The first-order valence-corrected chi connectivity index (χ1v) is 8.33. The number of amides is 2. The predicted molar refractivity (Wildman–Crippen MR) is 93.1 cm³/mol. The van der Waals surface area contributed by atoms with Gasteiger partial charge in [0, 0.05) is 25.0 Å². The fraction of sp³-hybridized carbons (Fsp3) is 0.412. The second-order valence-electron chi connectivity index (χ2n) is 6.26. The third-order valence-corrected chi connectivity index (χ3v) is 4.08. The summed E-state index contributed by atoms with van der Waals surface area (Å²) in [6.07, 6.45) is 6.80. The summed E-state index contributed by atoms with van der Waals surface area (Å²) in [5, 5.41) is 9.87. The largest absolute Gasteiger partial charge is 0.350 e. The van der Waals surface area contributed by atoms with Crippen LogP contribution < -0.4 is 10.6 Å². The molecule has 0 unspecified atom stereocenters. The summed E-state index contributed by atoms with van der Waals surface area (Å²) in [6, 6.07) is 5.31. The lowest BCUT2D eigenvalue weighted by Gasteiger charge is -2.30. The highest BCUT2D eigenvalue weighted by Crippen LogP contribution is 2.09. The van der Waals surface area contributed by atoms with Gasteiger partial charge in [0.15, 0.2) is 0 Å². The zero-order valence-electron chi connectivity index (χ0n) is 14.2. The fourth-order valence-corrected chi connectivity index (χ4v) is 2.91. The van der Waals surface area contributed by atoms with Crippen molar-refractivity contribution in [2.75, 3.05) is 25.5 Å². The second-order valence-corrected chi connectivity index (χ2v) is 6.26. The molecule has 0 aliphatic carbocycles. The molecule has 1 saturated heterocycles. The number of piperidine rings is 1. The summed E-state index contributed by atoms with van der Waals surface area (Å²) in [5.74, 6) is -0.388. The van der Waals surface area contributed by atoms with Crippen molar-refractivity contribution < 1.29 is 9.59 Å². The lowest BCUT2D eigenvalue weighted by atomic mass is 10.1. The average Bonchev–Trinajstić information content (AvgIpc) is 3.02. The third-order valence-electron chi connectivity index (χ3n) is 4.08. The van der Waals surface area contributed by atoms with Crippen molar-refractivity contribution in [3.8, 4) is 0 Å². The lowest BCUT2D eigenvalue weighted by molar-refractivity contribution is -0.122. The molecule has 0 radical (unpaired) electrons. The van der Waals surface area contributed by atoms with Crippen molar-refractivity contribution in [2.45, 2.75) is 25.4 Å². The van der Waals surface area contributed by atoms with Crippen molar-refractivity contribution in [2.24, 2.45) is 0 Å². The second kappa shape index (κ2) is 7.89. The number of hydrogen-bond acceptors (Lipinski definition) is 5. The highest BCUT2D eigenvalue weighted by atomic mass is 16.2. The maximum absolute atomic E-state index is 12.2. The number of nitrogens with zero attached hydrogens (tertiary/aromatic N) is 4. The molecule has 2 amide bonds. The van der Waals surface area contributed by atoms with Crippen LogP contribution >= 0.6 is 0 Å². The van der Waals surface area contributed by atoms with Gasteiger partial charge in [0.2, 0.25) is 5.91 Å². The number of nitrogens with one attached hydrogen (secondary N) is 2. The van der Waals surface area contributed by atoms with Crippen LogP contribution in [-0.4, -0.2) is 57.7 Å². The average molecular weight is 342 g/mol. The van der Waals surface area contributed by atoms with E-state index >= 15 is 0 Å². The molecule has 1 atom stereocenters. The molecule has 0 aromatic carbocycles. The first-order chi connectivity index (χ1) is 12.1. The van der Waals surface area contributed by atoms with Gasteiger partial charge >= 0.3 is 0 Å². The van der Waals surface area contributed by atoms with Gasteiger partial charge in [-0.3, -0.25) is 19.3 Å². The van der Waals surface area contributed by atoms with E-state index in [1.165, 1.54) is 10.9 Å². The first-order valence-electron chi connectivity index (χ1n) is 8.33. The molecule has 8 nitrogen and oxygen atoms in total. The molecule has 8 heteroatoms. The number of hydrogen-bond donors (Lipinski definition) is 2. The number of likely N-dealkylation sites (N-methyl/N-ethyl adjacent to an activating group) is 1. The molecular formula is C17H22N6O2. The smallest absolute Gasteiger partial charge is 0.274 e. The number of rotatable bonds is 5. The van der Waals surface area contributed by atoms with Crippen LogP contribution in [0.25, 0.3) is 0 Å². The van der Waals surface area contributed by atoms with Crippen LogP contribution in [0.4, 0.5) is 5.69 Å². The van der Waals surface area contributed by atoms with Gasteiger partial charge in [-0.05, 0) is 38.6 Å². The van der Waals surface area contributed by atoms with Crippen molar-refractivity contribution >= 4 is 17.5 Å². The molecule has 0 spiro atoms. The first kappa shape index (κ1) is 17.1. The Morgan fingerprint density at radius 3 is 3.00 bits per heavy atom. The molecule has 1 aliphatic heterocycles. The van der Waals surface area contributed by atoms with Crippen LogP contribution in [0.2, 0.25) is 0 Å². The van der Waals surface area contributed by atoms with Crippen LogP contribution in [0.3, 0.4) is 0 Å².